The maximum Gasteiger partial charge on any atom is 0.324 e. The Morgan fingerprint density at radius 3 is 2.54 bits per heavy atom. The molecule has 4 atom stereocenters. The fourth-order valence-electron chi connectivity index (χ4n) is 5.94. The Bertz CT molecular complexity index is 1550. The molecule has 2 aliphatic heterocycles. The number of methoxy groups -OCH3 is 1. The van der Waals surface area contributed by atoms with Crippen molar-refractivity contribution < 1.29 is 27.2 Å². The molecule has 4 heterocycles. The molecule has 1 saturated heterocycles. The van der Waals surface area contributed by atoms with Crippen LogP contribution in [0.3, 0.4) is 0 Å². The quantitative estimate of drug-likeness (QED) is 0.313. The Hall–Kier alpha value is -3.64. The predicted octanol–water partition coefficient (Wildman–Crippen LogP) is 4.90. The van der Waals surface area contributed by atoms with Crippen LogP contribution in [-0.2, 0) is 17.7 Å². The van der Waals surface area contributed by atoms with Gasteiger partial charge in [-0.3, -0.25) is 0 Å². The molecular formula is C29H33F3N6O3. The summed E-state index contributed by atoms with van der Waals surface area (Å²) in [5, 5.41) is 4.02. The summed E-state index contributed by atoms with van der Waals surface area (Å²) in [6, 6.07) is 7.30. The molecule has 2 aliphatic rings. The van der Waals surface area contributed by atoms with Gasteiger partial charge in [-0.25, -0.2) is 18.2 Å². The van der Waals surface area contributed by atoms with E-state index in [0.29, 0.717) is 42.5 Å². The summed E-state index contributed by atoms with van der Waals surface area (Å²) in [4.78, 5) is 11.3. The third-order valence-electron chi connectivity index (χ3n) is 8.49. The number of rotatable bonds is 7. The zero-order valence-electron chi connectivity index (χ0n) is 23.2. The number of hydrogen-bond donors (Lipinski definition) is 1. The highest BCUT2D eigenvalue weighted by Crippen LogP contribution is 2.35. The monoisotopic (exact) mass is 570 g/mol. The molecule has 218 valence electrons. The SMILES string of the molecule is CO[C@@H](C)c1noc(N2CCC([C@H](C)Oc3ccc4c(c3)nc3n4C[C@H](N)[C@@H](c4cc(F)c(F)cc4F)C3)CC2)n1. The molecule has 0 amide bonds. The maximum atomic E-state index is 14.5. The van der Waals surface area contributed by atoms with Crippen molar-refractivity contribution in [3.63, 3.8) is 0 Å². The number of imidazole rings is 1. The van der Waals surface area contributed by atoms with E-state index in [4.69, 9.17) is 24.7 Å². The van der Waals surface area contributed by atoms with E-state index < -0.39 is 29.4 Å². The molecule has 4 aromatic rings. The van der Waals surface area contributed by atoms with Gasteiger partial charge in [-0.05, 0) is 56.4 Å². The molecule has 2 aromatic carbocycles. The Balaban J connectivity index is 1.12. The van der Waals surface area contributed by atoms with Crippen molar-refractivity contribution >= 4 is 17.0 Å². The van der Waals surface area contributed by atoms with Crippen LogP contribution in [0.5, 0.6) is 5.75 Å². The van der Waals surface area contributed by atoms with Crippen LogP contribution in [0.25, 0.3) is 11.0 Å². The van der Waals surface area contributed by atoms with E-state index in [2.05, 4.69) is 22.0 Å². The number of piperidine rings is 1. The zero-order chi connectivity index (χ0) is 28.8. The number of hydrogen-bond acceptors (Lipinski definition) is 8. The summed E-state index contributed by atoms with van der Waals surface area (Å²) < 4.78 is 61.0. The lowest BCUT2D eigenvalue weighted by Crippen LogP contribution is -2.39. The van der Waals surface area contributed by atoms with E-state index in [1.54, 1.807) is 7.11 Å². The fraction of sp³-hybridized carbons (Fsp3) is 0.483. The maximum absolute atomic E-state index is 14.5. The van der Waals surface area contributed by atoms with Gasteiger partial charge in [-0.1, -0.05) is 5.16 Å². The van der Waals surface area contributed by atoms with Crippen LogP contribution >= 0.6 is 0 Å². The molecule has 41 heavy (non-hydrogen) atoms. The van der Waals surface area contributed by atoms with Crippen LogP contribution in [0.4, 0.5) is 19.2 Å². The number of fused-ring (bicyclic) bond motifs is 3. The molecule has 1 fully saturated rings. The van der Waals surface area contributed by atoms with Gasteiger partial charge in [0.2, 0.25) is 5.82 Å². The van der Waals surface area contributed by atoms with Crippen molar-refractivity contribution in [2.45, 2.75) is 63.8 Å². The van der Waals surface area contributed by atoms with Crippen molar-refractivity contribution in [2.75, 3.05) is 25.1 Å². The number of benzene rings is 2. The minimum Gasteiger partial charge on any atom is -0.490 e. The largest absolute Gasteiger partial charge is 0.490 e. The first kappa shape index (κ1) is 27.5. The molecule has 0 bridgehead atoms. The summed E-state index contributed by atoms with van der Waals surface area (Å²) in [5.74, 6) is -1.30. The Labute approximate surface area is 235 Å². The number of aromatic nitrogens is 4. The van der Waals surface area contributed by atoms with Gasteiger partial charge < -0.3 is 29.2 Å². The fourth-order valence-corrected chi connectivity index (χ4v) is 5.94. The first-order valence-electron chi connectivity index (χ1n) is 13.9. The topological polar surface area (TPSA) is 104 Å². The number of anilines is 1. The van der Waals surface area contributed by atoms with E-state index >= 15 is 0 Å². The number of halogens is 3. The molecule has 0 unspecified atom stereocenters. The van der Waals surface area contributed by atoms with Gasteiger partial charge in [0.05, 0.1) is 17.1 Å². The van der Waals surface area contributed by atoms with Gasteiger partial charge in [-0.15, -0.1) is 0 Å². The summed E-state index contributed by atoms with van der Waals surface area (Å²) in [5.41, 5.74) is 8.12. The number of nitrogens with zero attached hydrogens (tertiary/aromatic N) is 5. The van der Waals surface area contributed by atoms with Crippen molar-refractivity contribution in [3.05, 3.63) is 65.0 Å². The van der Waals surface area contributed by atoms with Crippen LogP contribution < -0.4 is 15.4 Å². The summed E-state index contributed by atoms with van der Waals surface area (Å²) in [6.45, 7) is 5.91. The van der Waals surface area contributed by atoms with Gasteiger partial charge in [0, 0.05) is 57.3 Å². The van der Waals surface area contributed by atoms with Gasteiger partial charge in [0.15, 0.2) is 11.6 Å². The first-order valence-corrected chi connectivity index (χ1v) is 13.9. The molecular weight excluding hydrogens is 537 g/mol. The third kappa shape index (κ3) is 5.26. The molecule has 0 radical (unpaired) electrons. The van der Waals surface area contributed by atoms with Crippen LogP contribution in [0.2, 0.25) is 0 Å². The van der Waals surface area contributed by atoms with Crippen molar-refractivity contribution in [1.29, 1.82) is 0 Å². The molecule has 0 saturated carbocycles. The molecule has 12 heteroatoms. The van der Waals surface area contributed by atoms with E-state index in [-0.39, 0.29) is 17.8 Å². The standard InChI is InChI=1S/C29H33F3N6O3/c1-15(17-6-8-37(9-7-17)29-35-28(36-41-29)16(2)39-3)40-18-4-5-26-25(10-18)34-27-12-20(24(33)14-38(26)27)19-11-22(31)23(32)13-21(19)30/h4-5,10-11,13,15-17,20,24H,6-9,12,14,33H2,1-3H3/t15-,16-,20+,24-/m0/s1. The zero-order valence-corrected chi connectivity index (χ0v) is 23.2. The second-order valence-corrected chi connectivity index (χ2v) is 11.0. The van der Waals surface area contributed by atoms with Crippen molar-refractivity contribution in [3.8, 4) is 5.75 Å². The van der Waals surface area contributed by atoms with Crippen LogP contribution in [0.15, 0.2) is 34.9 Å². The lowest BCUT2D eigenvalue weighted by atomic mass is 9.86. The Morgan fingerprint density at radius 2 is 1.78 bits per heavy atom. The molecule has 9 nitrogen and oxygen atoms in total. The second-order valence-electron chi connectivity index (χ2n) is 11.0. The van der Waals surface area contributed by atoms with E-state index in [1.165, 1.54) is 0 Å². The molecule has 0 spiro atoms. The minimum absolute atomic E-state index is 0.0206. The highest BCUT2D eigenvalue weighted by molar-refractivity contribution is 5.78. The van der Waals surface area contributed by atoms with Crippen molar-refractivity contribution in [2.24, 2.45) is 11.7 Å². The van der Waals surface area contributed by atoms with Gasteiger partial charge in [0.1, 0.15) is 23.5 Å². The second kappa shape index (κ2) is 11.0. The highest BCUT2D eigenvalue weighted by atomic mass is 19.2. The molecule has 0 aliphatic carbocycles. The highest BCUT2D eigenvalue weighted by Gasteiger charge is 2.33. The Morgan fingerprint density at radius 1 is 1.02 bits per heavy atom. The minimum atomic E-state index is -1.21. The molecule has 2 N–H and O–H groups in total. The lowest BCUT2D eigenvalue weighted by Gasteiger charge is -2.33. The molecule has 6 rings (SSSR count). The number of ether oxygens (including phenoxy) is 2. The van der Waals surface area contributed by atoms with Crippen molar-refractivity contribution in [1.82, 2.24) is 19.7 Å². The van der Waals surface area contributed by atoms with E-state index in [1.807, 2.05) is 29.7 Å². The van der Waals surface area contributed by atoms with Gasteiger partial charge in [0.25, 0.3) is 0 Å². The van der Waals surface area contributed by atoms with E-state index in [9.17, 15) is 13.2 Å². The lowest BCUT2D eigenvalue weighted by molar-refractivity contribution is 0.109. The predicted molar refractivity (Wildman–Crippen MR) is 145 cm³/mol. The average Bonchev–Trinajstić information content (AvgIpc) is 3.59. The van der Waals surface area contributed by atoms with E-state index in [0.717, 1.165) is 48.9 Å². The van der Waals surface area contributed by atoms with Crippen LogP contribution in [-0.4, -0.2) is 52.0 Å². The smallest absolute Gasteiger partial charge is 0.324 e. The summed E-state index contributed by atoms with van der Waals surface area (Å²) in [6.07, 6.45) is 1.90. The normalized spacial score (nSPS) is 21.2. The summed E-state index contributed by atoms with van der Waals surface area (Å²) >= 11 is 0. The number of nitrogens with two attached hydrogens (primary N) is 1. The van der Waals surface area contributed by atoms with Crippen LogP contribution in [0, 0.1) is 23.4 Å². The first-order chi connectivity index (χ1) is 19.7. The van der Waals surface area contributed by atoms with Crippen LogP contribution in [0.1, 0.15) is 55.9 Å². The third-order valence-corrected chi connectivity index (χ3v) is 8.49. The van der Waals surface area contributed by atoms with Gasteiger partial charge >= 0.3 is 6.01 Å². The Kier molecular flexibility index (Phi) is 7.37. The van der Waals surface area contributed by atoms with Gasteiger partial charge in [-0.2, -0.15) is 4.98 Å². The average molecular weight is 571 g/mol. The molecule has 2 aromatic heterocycles. The summed E-state index contributed by atoms with van der Waals surface area (Å²) in [7, 11) is 1.61.